The fourth-order valence-corrected chi connectivity index (χ4v) is 5.43. The van der Waals surface area contributed by atoms with Crippen LogP contribution in [0.1, 0.15) is 37.8 Å². The number of hydrogen-bond donors (Lipinski definition) is 1. The first-order valence-electron chi connectivity index (χ1n) is 11.9. The number of carbonyl (C=O) groups excluding carboxylic acids is 2. The van der Waals surface area contributed by atoms with E-state index in [2.05, 4.69) is 6.07 Å². The minimum atomic E-state index is -0.814. The predicted octanol–water partition coefficient (Wildman–Crippen LogP) is 4.67. The largest absolute Gasteiger partial charge is 0.494 e. The van der Waals surface area contributed by atoms with Crippen molar-refractivity contribution in [2.24, 2.45) is 5.73 Å². The molecule has 0 fully saturated rings. The molecule has 2 heterocycles. The molecule has 0 radical (unpaired) electrons. The molecule has 0 bridgehead atoms. The lowest BCUT2D eigenvalue weighted by molar-refractivity contribution is -0.138. The second-order valence-corrected chi connectivity index (χ2v) is 9.06. The normalized spacial score (nSPS) is 17.1. The molecule has 37 heavy (non-hydrogen) atoms. The summed E-state index contributed by atoms with van der Waals surface area (Å²) >= 11 is 1.24. The third-order valence-corrected chi connectivity index (χ3v) is 6.97. The Hall–Kier alpha value is -4.16. The van der Waals surface area contributed by atoms with E-state index in [1.165, 1.54) is 22.7 Å². The van der Waals surface area contributed by atoms with Crippen LogP contribution < -0.4 is 15.2 Å². The lowest BCUT2D eigenvalue weighted by Gasteiger charge is -2.37. The number of nitriles is 1. The summed E-state index contributed by atoms with van der Waals surface area (Å²) in [6.07, 6.45) is 1.45. The number of benzene rings is 2. The van der Waals surface area contributed by atoms with Gasteiger partial charge in [-0.2, -0.15) is 5.26 Å². The van der Waals surface area contributed by atoms with Crippen molar-refractivity contribution in [1.82, 2.24) is 4.90 Å². The zero-order valence-electron chi connectivity index (χ0n) is 20.8. The topological polar surface area (TPSA) is 115 Å². The second-order valence-electron chi connectivity index (χ2n) is 8.03. The molecular weight excluding hydrogens is 490 g/mol. The Morgan fingerprint density at radius 3 is 2.14 bits per heavy atom. The van der Waals surface area contributed by atoms with Crippen LogP contribution in [-0.2, 0) is 14.3 Å². The molecule has 0 saturated heterocycles. The van der Waals surface area contributed by atoms with Crippen LogP contribution in [0.4, 0.5) is 0 Å². The van der Waals surface area contributed by atoms with E-state index in [0.717, 1.165) is 5.56 Å². The highest BCUT2D eigenvalue weighted by molar-refractivity contribution is 8.11. The standard InChI is InChI=1S/C28H27N3O5S/c1-4-34-19-11-7-17(8-12-19)22-15-23(32)31-26(30)21(16-29)24(18-9-13-20(14-10-18)35-5-2)25(27(31)37-22)28(33)36-6-3/h7-15,24H,4-6,30H2,1-3H3. The van der Waals surface area contributed by atoms with Gasteiger partial charge in [0.2, 0.25) is 0 Å². The van der Waals surface area contributed by atoms with Gasteiger partial charge in [-0.25, -0.2) is 4.79 Å². The fraction of sp³-hybridized carbons (Fsp3) is 0.250. The molecule has 0 aliphatic carbocycles. The van der Waals surface area contributed by atoms with Crippen LogP contribution >= 0.6 is 11.8 Å². The van der Waals surface area contributed by atoms with Crippen molar-refractivity contribution in [3.63, 3.8) is 0 Å². The van der Waals surface area contributed by atoms with Crippen LogP contribution in [0.3, 0.4) is 0 Å². The van der Waals surface area contributed by atoms with E-state index in [1.54, 1.807) is 31.2 Å². The molecule has 1 atom stereocenters. The third kappa shape index (κ3) is 5.06. The Morgan fingerprint density at radius 1 is 1.00 bits per heavy atom. The summed E-state index contributed by atoms with van der Waals surface area (Å²) in [6.45, 7) is 6.67. The van der Waals surface area contributed by atoms with Crippen LogP contribution in [0, 0.1) is 11.3 Å². The Kier molecular flexibility index (Phi) is 7.89. The predicted molar refractivity (Wildman–Crippen MR) is 141 cm³/mol. The first-order chi connectivity index (χ1) is 17.9. The number of rotatable bonds is 8. The minimum absolute atomic E-state index is 0.0103. The second kappa shape index (κ2) is 11.3. The number of allylic oxidation sites excluding steroid dienone is 1. The van der Waals surface area contributed by atoms with Crippen LogP contribution in [0.25, 0.3) is 4.91 Å². The maximum atomic E-state index is 13.4. The van der Waals surface area contributed by atoms with Crippen LogP contribution in [0.15, 0.2) is 76.6 Å². The van der Waals surface area contributed by atoms with Crippen LogP contribution in [-0.4, -0.2) is 36.6 Å². The molecule has 0 spiro atoms. The number of thioether (sulfide) groups is 1. The van der Waals surface area contributed by atoms with E-state index in [4.69, 9.17) is 19.9 Å². The molecule has 1 unspecified atom stereocenters. The molecule has 2 aromatic carbocycles. The van der Waals surface area contributed by atoms with Gasteiger partial charge in [-0.15, -0.1) is 0 Å². The van der Waals surface area contributed by atoms with Gasteiger partial charge in [-0.05, 0) is 56.2 Å². The monoisotopic (exact) mass is 517 g/mol. The van der Waals surface area contributed by atoms with Crippen molar-refractivity contribution in [2.75, 3.05) is 19.8 Å². The van der Waals surface area contributed by atoms with Gasteiger partial charge in [0.1, 0.15) is 22.3 Å². The maximum Gasteiger partial charge on any atom is 0.337 e. The molecule has 2 aliphatic heterocycles. The van der Waals surface area contributed by atoms with Crippen LogP contribution in [0.2, 0.25) is 0 Å². The Morgan fingerprint density at radius 2 is 1.59 bits per heavy atom. The van der Waals surface area contributed by atoms with Gasteiger partial charge < -0.3 is 19.9 Å². The van der Waals surface area contributed by atoms with Gasteiger partial charge in [-0.3, -0.25) is 9.69 Å². The summed E-state index contributed by atoms with van der Waals surface area (Å²) in [6, 6.07) is 16.6. The number of ether oxygens (including phenoxy) is 3. The van der Waals surface area contributed by atoms with E-state index in [9.17, 15) is 14.9 Å². The van der Waals surface area contributed by atoms with Gasteiger partial charge in [0.15, 0.2) is 0 Å². The van der Waals surface area contributed by atoms with E-state index in [0.29, 0.717) is 40.2 Å². The quantitative estimate of drug-likeness (QED) is 0.503. The molecule has 4 rings (SSSR count). The Labute approximate surface area is 220 Å². The highest BCUT2D eigenvalue weighted by Gasteiger charge is 2.43. The lowest BCUT2D eigenvalue weighted by atomic mass is 9.83. The maximum absolute atomic E-state index is 13.4. The smallest absolute Gasteiger partial charge is 0.337 e. The zero-order valence-corrected chi connectivity index (χ0v) is 21.6. The van der Waals surface area contributed by atoms with Gasteiger partial charge >= 0.3 is 5.97 Å². The van der Waals surface area contributed by atoms with Crippen molar-refractivity contribution in [1.29, 1.82) is 5.26 Å². The number of carbonyl (C=O) groups is 2. The summed E-state index contributed by atoms with van der Waals surface area (Å²) in [5, 5.41) is 10.4. The molecular formula is C28H27N3O5S. The Balaban J connectivity index is 1.86. The fourth-order valence-electron chi connectivity index (χ4n) is 4.21. The van der Waals surface area contributed by atoms with Crippen molar-refractivity contribution in [3.8, 4) is 17.6 Å². The highest BCUT2D eigenvalue weighted by Crippen LogP contribution is 2.50. The number of esters is 1. The van der Waals surface area contributed by atoms with E-state index >= 15 is 0 Å². The lowest BCUT2D eigenvalue weighted by Crippen LogP contribution is -2.40. The summed E-state index contributed by atoms with van der Waals surface area (Å²) < 4.78 is 16.5. The molecule has 190 valence electrons. The number of nitrogens with two attached hydrogens (primary N) is 1. The molecule has 0 saturated carbocycles. The molecule has 2 N–H and O–H groups in total. The third-order valence-electron chi connectivity index (χ3n) is 5.80. The molecule has 2 aliphatic rings. The van der Waals surface area contributed by atoms with E-state index in [1.807, 2.05) is 38.1 Å². The van der Waals surface area contributed by atoms with Crippen molar-refractivity contribution < 1.29 is 23.8 Å². The van der Waals surface area contributed by atoms with Crippen molar-refractivity contribution in [2.45, 2.75) is 26.7 Å². The zero-order chi connectivity index (χ0) is 26.5. The first-order valence-corrected chi connectivity index (χ1v) is 12.8. The molecule has 8 nitrogen and oxygen atoms in total. The van der Waals surface area contributed by atoms with Crippen LogP contribution in [0.5, 0.6) is 11.5 Å². The number of amides is 1. The van der Waals surface area contributed by atoms with Gasteiger partial charge in [0, 0.05) is 11.0 Å². The summed E-state index contributed by atoms with van der Waals surface area (Å²) in [5.74, 6) is -0.516. The first kappa shape index (κ1) is 25.9. The van der Waals surface area contributed by atoms with E-state index < -0.39 is 17.8 Å². The van der Waals surface area contributed by atoms with Crippen molar-refractivity contribution >= 4 is 28.5 Å². The van der Waals surface area contributed by atoms with Crippen molar-refractivity contribution in [3.05, 3.63) is 87.7 Å². The highest BCUT2D eigenvalue weighted by atomic mass is 32.2. The summed E-state index contributed by atoms with van der Waals surface area (Å²) in [5.41, 5.74) is 8.13. The number of nitrogens with zero attached hydrogens (tertiary/aromatic N) is 2. The summed E-state index contributed by atoms with van der Waals surface area (Å²) in [4.78, 5) is 28.6. The average Bonchev–Trinajstić information content (AvgIpc) is 2.89. The molecule has 2 aromatic rings. The number of hydrogen-bond acceptors (Lipinski definition) is 8. The average molecular weight is 518 g/mol. The SMILES string of the molecule is CCOC(=O)C1=C2SC(c3ccc(OCC)cc3)=CC(=O)N2C(N)=C(C#N)C1c1ccc(OCC)cc1. The summed E-state index contributed by atoms with van der Waals surface area (Å²) in [7, 11) is 0. The van der Waals surface area contributed by atoms with Gasteiger partial charge in [0.25, 0.3) is 5.91 Å². The number of fused-ring (bicyclic) bond motifs is 1. The molecule has 9 heteroatoms. The van der Waals surface area contributed by atoms with Gasteiger partial charge in [0.05, 0.1) is 43.0 Å². The Bertz CT molecular complexity index is 1340. The van der Waals surface area contributed by atoms with Gasteiger partial charge in [-0.1, -0.05) is 36.0 Å². The molecule has 0 aromatic heterocycles. The molecule has 1 amide bonds. The van der Waals surface area contributed by atoms with E-state index in [-0.39, 0.29) is 23.6 Å². The minimum Gasteiger partial charge on any atom is -0.494 e.